The Kier molecular flexibility index (Phi) is 7.46. The predicted octanol–water partition coefficient (Wildman–Crippen LogP) is 1.31. The highest BCUT2D eigenvalue weighted by Gasteiger charge is 2.13. The van der Waals surface area contributed by atoms with Crippen LogP contribution in [0.2, 0.25) is 0 Å². The molecule has 2 aromatic carbocycles. The molecule has 0 fully saturated rings. The number of carbonyl (C=O) groups excluding carboxylic acids is 2. The van der Waals surface area contributed by atoms with E-state index >= 15 is 0 Å². The maximum absolute atomic E-state index is 12.3. The molecule has 11 nitrogen and oxygen atoms in total. The Bertz CT molecular complexity index is 1280. The van der Waals surface area contributed by atoms with Crippen molar-refractivity contribution in [2.24, 2.45) is 10.9 Å². The number of benzene rings is 2. The second kappa shape index (κ2) is 10.5. The largest absolute Gasteiger partial charge is 0.348 e. The highest BCUT2D eigenvalue weighted by molar-refractivity contribution is 7.86. The molecule has 170 valence electrons. The molecule has 0 bridgehead atoms. The Hall–Kier alpha value is -4.13. The number of rotatable bonds is 8. The number of aromatic nitrogens is 1. The summed E-state index contributed by atoms with van der Waals surface area (Å²) in [6.07, 6.45) is 2.59. The van der Waals surface area contributed by atoms with Gasteiger partial charge in [-0.3, -0.25) is 25.0 Å². The number of carbonyl (C=O) groups is 2. The third-order valence-electron chi connectivity index (χ3n) is 4.41. The van der Waals surface area contributed by atoms with Gasteiger partial charge in [0.1, 0.15) is 10.7 Å². The molecule has 0 saturated heterocycles. The first-order valence-electron chi connectivity index (χ1n) is 9.47. The zero-order valence-electron chi connectivity index (χ0n) is 17.1. The van der Waals surface area contributed by atoms with Crippen molar-refractivity contribution >= 4 is 34.0 Å². The van der Waals surface area contributed by atoms with Gasteiger partial charge in [0.25, 0.3) is 21.9 Å². The Morgan fingerprint density at radius 3 is 2.33 bits per heavy atom. The smallest absolute Gasteiger partial charge is 0.295 e. The van der Waals surface area contributed by atoms with Crippen LogP contribution in [0, 0.1) is 0 Å². The van der Waals surface area contributed by atoms with Crippen molar-refractivity contribution in [3.05, 3.63) is 89.1 Å². The predicted molar refractivity (Wildman–Crippen MR) is 121 cm³/mol. The number of pyridine rings is 1. The molecule has 3 aromatic rings. The molecule has 33 heavy (non-hydrogen) atoms. The molecule has 1 heterocycles. The molecule has 0 radical (unpaired) electrons. The standard InChI is InChI=1S/C21H20N6O5S/c22-26-21(29)15-7-5-14(6-8-15)11-24-20(28)17-9-10-19(23-12-17)27-25-13-16-3-1-2-4-18(16)33(30,31)32/h1-10,12-13H,11,22H2,(H,23,27)(H,24,28)(H,26,29)(H,30,31,32). The molecule has 1 aromatic heterocycles. The third kappa shape index (κ3) is 6.43. The van der Waals surface area contributed by atoms with Gasteiger partial charge < -0.3 is 5.32 Å². The van der Waals surface area contributed by atoms with E-state index in [9.17, 15) is 22.6 Å². The van der Waals surface area contributed by atoms with Gasteiger partial charge in [-0.1, -0.05) is 30.3 Å². The molecule has 0 saturated carbocycles. The number of amides is 2. The summed E-state index contributed by atoms with van der Waals surface area (Å²) in [6, 6.07) is 15.5. The molecule has 2 amide bonds. The summed E-state index contributed by atoms with van der Waals surface area (Å²) in [7, 11) is -4.38. The minimum atomic E-state index is -4.38. The Morgan fingerprint density at radius 1 is 1.00 bits per heavy atom. The first kappa shape index (κ1) is 23.5. The van der Waals surface area contributed by atoms with Crippen molar-refractivity contribution in [1.82, 2.24) is 15.7 Å². The zero-order valence-corrected chi connectivity index (χ0v) is 17.9. The van der Waals surface area contributed by atoms with Gasteiger partial charge in [0.15, 0.2) is 0 Å². The second-order valence-electron chi connectivity index (χ2n) is 6.67. The lowest BCUT2D eigenvalue weighted by Crippen LogP contribution is -2.30. The summed E-state index contributed by atoms with van der Waals surface area (Å²) >= 11 is 0. The minimum absolute atomic E-state index is 0.195. The SMILES string of the molecule is NNC(=O)c1ccc(CNC(=O)c2ccc(NN=Cc3ccccc3S(=O)(=O)O)nc2)cc1. The second-order valence-corrected chi connectivity index (χ2v) is 8.06. The first-order valence-corrected chi connectivity index (χ1v) is 10.9. The molecule has 6 N–H and O–H groups in total. The average molecular weight is 468 g/mol. The number of hydrazone groups is 1. The van der Waals surface area contributed by atoms with Gasteiger partial charge in [-0.05, 0) is 35.9 Å². The van der Waals surface area contributed by atoms with Crippen LogP contribution in [0.3, 0.4) is 0 Å². The van der Waals surface area contributed by atoms with E-state index in [4.69, 9.17) is 5.84 Å². The normalized spacial score (nSPS) is 11.2. The average Bonchev–Trinajstić information content (AvgIpc) is 2.82. The number of hydrogen-bond donors (Lipinski definition) is 5. The fourth-order valence-corrected chi connectivity index (χ4v) is 3.40. The van der Waals surface area contributed by atoms with Crippen LogP contribution in [0.4, 0.5) is 5.82 Å². The van der Waals surface area contributed by atoms with E-state index in [1.54, 1.807) is 36.4 Å². The summed E-state index contributed by atoms with van der Waals surface area (Å²) in [4.78, 5) is 27.6. The minimum Gasteiger partial charge on any atom is -0.348 e. The van der Waals surface area contributed by atoms with Gasteiger partial charge >= 0.3 is 0 Å². The fraction of sp³-hybridized carbons (Fsp3) is 0.0476. The molecular formula is C21H20N6O5S. The molecule has 0 aliphatic heterocycles. The third-order valence-corrected chi connectivity index (χ3v) is 5.33. The monoisotopic (exact) mass is 468 g/mol. The summed E-state index contributed by atoms with van der Waals surface area (Å²) < 4.78 is 32.0. The van der Waals surface area contributed by atoms with Crippen molar-refractivity contribution in [3.63, 3.8) is 0 Å². The maximum Gasteiger partial charge on any atom is 0.295 e. The Morgan fingerprint density at radius 2 is 1.70 bits per heavy atom. The number of nitrogens with zero attached hydrogens (tertiary/aromatic N) is 2. The van der Waals surface area contributed by atoms with Gasteiger partial charge in [-0.2, -0.15) is 13.5 Å². The summed E-state index contributed by atoms with van der Waals surface area (Å²) in [5.41, 5.74) is 6.38. The van der Waals surface area contributed by atoms with Crippen molar-refractivity contribution in [2.45, 2.75) is 11.4 Å². The van der Waals surface area contributed by atoms with E-state index in [2.05, 4.69) is 20.8 Å². The lowest BCUT2D eigenvalue weighted by atomic mass is 10.1. The van der Waals surface area contributed by atoms with Crippen LogP contribution in [-0.4, -0.2) is 36.0 Å². The molecule has 0 unspecified atom stereocenters. The number of hydrazine groups is 1. The summed E-state index contributed by atoms with van der Waals surface area (Å²) in [5, 5.41) is 6.66. The van der Waals surface area contributed by atoms with E-state index in [1.165, 1.54) is 36.7 Å². The van der Waals surface area contributed by atoms with Crippen LogP contribution in [-0.2, 0) is 16.7 Å². The fourth-order valence-electron chi connectivity index (χ4n) is 2.73. The topological polar surface area (TPSA) is 176 Å². The van der Waals surface area contributed by atoms with Gasteiger partial charge in [-0.15, -0.1) is 0 Å². The maximum atomic E-state index is 12.3. The number of nitrogens with two attached hydrogens (primary N) is 1. The van der Waals surface area contributed by atoms with Crippen LogP contribution in [0.25, 0.3) is 0 Å². The van der Waals surface area contributed by atoms with E-state index in [-0.39, 0.29) is 22.9 Å². The van der Waals surface area contributed by atoms with Crippen molar-refractivity contribution in [3.8, 4) is 0 Å². The molecule has 0 atom stereocenters. The van der Waals surface area contributed by atoms with E-state index in [0.29, 0.717) is 16.9 Å². The number of nitrogens with one attached hydrogen (secondary N) is 3. The first-order chi connectivity index (χ1) is 15.8. The zero-order chi connectivity index (χ0) is 23.8. The van der Waals surface area contributed by atoms with Crippen molar-refractivity contribution in [2.75, 3.05) is 5.43 Å². The number of hydrogen-bond acceptors (Lipinski definition) is 8. The quantitative estimate of drug-likeness (QED) is 0.108. The van der Waals surface area contributed by atoms with Gasteiger partial charge in [0.2, 0.25) is 0 Å². The molecule has 0 aliphatic rings. The summed E-state index contributed by atoms with van der Waals surface area (Å²) in [6.45, 7) is 0.251. The van der Waals surface area contributed by atoms with E-state index < -0.39 is 16.0 Å². The lowest BCUT2D eigenvalue weighted by Gasteiger charge is -2.07. The van der Waals surface area contributed by atoms with E-state index in [1.807, 2.05) is 5.43 Å². The molecule has 12 heteroatoms. The molecule has 0 spiro atoms. The van der Waals surface area contributed by atoms with Crippen molar-refractivity contribution < 1.29 is 22.6 Å². The van der Waals surface area contributed by atoms with Crippen LogP contribution in [0.1, 0.15) is 31.8 Å². The van der Waals surface area contributed by atoms with Crippen LogP contribution in [0.15, 0.2) is 76.9 Å². The van der Waals surface area contributed by atoms with Gasteiger partial charge in [0.05, 0.1) is 11.8 Å². The van der Waals surface area contributed by atoms with Crippen LogP contribution >= 0.6 is 0 Å². The lowest BCUT2D eigenvalue weighted by molar-refractivity contribution is 0.0943. The highest BCUT2D eigenvalue weighted by Crippen LogP contribution is 2.13. The number of nitrogen functional groups attached to an aromatic ring is 1. The van der Waals surface area contributed by atoms with Crippen molar-refractivity contribution in [1.29, 1.82) is 0 Å². The molecular weight excluding hydrogens is 448 g/mol. The van der Waals surface area contributed by atoms with Gasteiger partial charge in [-0.25, -0.2) is 10.8 Å². The van der Waals surface area contributed by atoms with Gasteiger partial charge in [0, 0.05) is 23.9 Å². The number of anilines is 1. The molecule has 0 aliphatic carbocycles. The van der Waals surface area contributed by atoms with E-state index in [0.717, 1.165) is 5.56 Å². The van der Waals surface area contributed by atoms with Crippen LogP contribution < -0.4 is 22.0 Å². The van der Waals surface area contributed by atoms with Crippen LogP contribution in [0.5, 0.6) is 0 Å². The molecule has 3 rings (SSSR count). The highest BCUT2D eigenvalue weighted by atomic mass is 32.2. The Labute approximate surface area is 189 Å². The Balaban J connectivity index is 1.56. The summed E-state index contributed by atoms with van der Waals surface area (Å²) in [5.74, 6) is 4.66.